The Balaban J connectivity index is 1.42. The molecular weight excluding hydrogens is 474 g/mol. The summed E-state index contributed by atoms with van der Waals surface area (Å²) in [5, 5.41) is 9.90. The van der Waals surface area contributed by atoms with Crippen LogP contribution in [0, 0.1) is 0 Å². The van der Waals surface area contributed by atoms with Crippen molar-refractivity contribution in [2.45, 2.75) is 26.4 Å². The van der Waals surface area contributed by atoms with E-state index in [-0.39, 0.29) is 6.61 Å². The number of hydrogen-bond donors (Lipinski definition) is 1. The average molecular weight is 504 g/mol. The first-order chi connectivity index (χ1) is 18.8. The van der Waals surface area contributed by atoms with E-state index in [9.17, 15) is 5.11 Å². The molecule has 0 aliphatic carbocycles. The minimum Gasteiger partial charge on any atom is -0.489 e. The lowest BCUT2D eigenvalue weighted by atomic mass is 10.0. The van der Waals surface area contributed by atoms with Gasteiger partial charge in [0.15, 0.2) is 0 Å². The molecule has 0 saturated heterocycles. The normalized spacial score (nSPS) is 10.7. The first-order valence-electron chi connectivity index (χ1n) is 12.5. The molecule has 0 bridgehead atoms. The van der Waals surface area contributed by atoms with E-state index in [0.29, 0.717) is 42.9 Å². The van der Waals surface area contributed by atoms with E-state index in [1.54, 1.807) is 0 Å². The quantitative estimate of drug-likeness (QED) is 0.211. The zero-order valence-electron chi connectivity index (χ0n) is 21.0. The van der Waals surface area contributed by atoms with Crippen LogP contribution in [-0.4, -0.2) is 10.1 Å². The minimum atomic E-state index is -0.119. The summed E-state index contributed by atoms with van der Waals surface area (Å²) >= 11 is 0. The SMILES string of the molecule is OCc1ccc(-c2ccc(OCc3ccccc3)nc2OCc2ccccc2)cc1OCc1ccccc1. The fourth-order valence-electron chi connectivity index (χ4n) is 4.01. The van der Waals surface area contributed by atoms with Gasteiger partial charge < -0.3 is 19.3 Å². The van der Waals surface area contributed by atoms with Crippen LogP contribution in [0.5, 0.6) is 17.5 Å². The molecular formula is C33H29NO4. The van der Waals surface area contributed by atoms with Crippen molar-refractivity contribution in [3.05, 3.63) is 144 Å². The second kappa shape index (κ2) is 12.6. The van der Waals surface area contributed by atoms with Crippen molar-refractivity contribution in [2.75, 3.05) is 0 Å². The van der Waals surface area contributed by atoms with E-state index < -0.39 is 0 Å². The van der Waals surface area contributed by atoms with Gasteiger partial charge in [0, 0.05) is 17.2 Å². The molecule has 0 unspecified atom stereocenters. The smallest absolute Gasteiger partial charge is 0.225 e. The molecule has 5 nitrogen and oxygen atoms in total. The van der Waals surface area contributed by atoms with Gasteiger partial charge in [-0.1, -0.05) is 103 Å². The maximum Gasteiger partial charge on any atom is 0.225 e. The molecule has 1 aromatic heterocycles. The molecule has 0 aliphatic heterocycles. The highest BCUT2D eigenvalue weighted by molar-refractivity contribution is 5.71. The number of aliphatic hydroxyl groups excluding tert-OH is 1. The second-order valence-corrected chi connectivity index (χ2v) is 8.81. The van der Waals surface area contributed by atoms with Crippen molar-refractivity contribution in [3.63, 3.8) is 0 Å². The Labute approximate surface area is 222 Å². The molecule has 0 amide bonds. The summed E-state index contributed by atoms with van der Waals surface area (Å²) < 4.78 is 18.3. The third-order valence-corrected chi connectivity index (χ3v) is 6.07. The lowest BCUT2D eigenvalue weighted by Gasteiger charge is -2.16. The standard InChI is InChI=1S/C33H29NO4/c35-21-29-17-16-28(20-31(29)36-22-25-10-4-1-5-11-25)30-18-19-32(37-23-26-12-6-2-7-13-26)34-33(30)38-24-27-14-8-3-9-15-27/h1-20,35H,21-24H2. The zero-order chi connectivity index (χ0) is 26.0. The third-order valence-electron chi connectivity index (χ3n) is 6.07. The maximum atomic E-state index is 9.90. The molecule has 0 fully saturated rings. The number of aromatic nitrogens is 1. The van der Waals surface area contributed by atoms with Gasteiger partial charge >= 0.3 is 0 Å². The van der Waals surface area contributed by atoms with Gasteiger partial charge in [0.1, 0.15) is 25.6 Å². The summed E-state index contributed by atoms with van der Waals surface area (Å²) in [6, 6.07) is 39.4. The Morgan fingerprint density at radius 2 is 1.11 bits per heavy atom. The molecule has 0 saturated carbocycles. The highest BCUT2D eigenvalue weighted by Gasteiger charge is 2.14. The highest BCUT2D eigenvalue weighted by atomic mass is 16.5. The second-order valence-electron chi connectivity index (χ2n) is 8.81. The van der Waals surface area contributed by atoms with Crippen LogP contribution in [0.3, 0.4) is 0 Å². The fourth-order valence-corrected chi connectivity index (χ4v) is 4.01. The van der Waals surface area contributed by atoms with Crippen molar-refractivity contribution >= 4 is 0 Å². The van der Waals surface area contributed by atoms with Crippen LogP contribution in [-0.2, 0) is 26.4 Å². The zero-order valence-corrected chi connectivity index (χ0v) is 21.0. The van der Waals surface area contributed by atoms with Crippen LogP contribution in [0.4, 0.5) is 0 Å². The molecule has 0 spiro atoms. The number of ether oxygens (including phenoxy) is 3. The van der Waals surface area contributed by atoms with Crippen LogP contribution >= 0.6 is 0 Å². The largest absolute Gasteiger partial charge is 0.489 e. The van der Waals surface area contributed by atoms with E-state index in [1.165, 1.54) is 0 Å². The van der Waals surface area contributed by atoms with Crippen molar-refractivity contribution in [1.82, 2.24) is 4.98 Å². The van der Waals surface area contributed by atoms with Gasteiger partial charge in [-0.2, -0.15) is 4.98 Å². The summed E-state index contributed by atoms with van der Waals surface area (Å²) in [5.74, 6) is 1.56. The molecule has 190 valence electrons. The first kappa shape index (κ1) is 25.1. The van der Waals surface area contributed by atoms with Crippen molar-refractivity contribution in [1.29, 1.82) is 0 Å². The summed E-state index contributed by atoms with van der Waals surface area (Å²) in [4.78, 5) is 4.71. The first-order valence-corrected chi connectivity index (χ1v) is 12.5. The van der Waals surface area contributed by atoms with E-state index in [0.717, 1.165) is 27.8 Å². The van der Waals surface area contributed by atoms with E-state index in [1.807, 2.05) is 121 Å². The Kier molecular flexibility index (Phi) is 8.29. The molecule has 0 atom stereocenters. The molecule has 0 aliphatic rings. The Hall–Kier alpha value is -4.61. The topological polar surface area (TPSA) is 60.8 Å². The van der Waals surface area contributed by atoms with Crippen LogP contribution in [0.25, 0.3) is 11.1 Å². The van der Waals surface area contributed by atoms with Gasteiger partial charge in [0.25, 0.3) is 0 Å². The Morgan fingerprint density at radius 3 is 1.68 bits per heavy atom. The molecule has 0 radical (unpaired) electrons. The minimum absolute atomic E-state index is 0.119. The Bertz CT molecular complexity index is 1440. The summed E-state index contributed by atoms with van der Waals surface area (Å²) in [6.45, 7) is 1.06. The molecule has 5 rings (SSSR count). The van der Waals surface area contributed by atoms with Crippen molar-refractivity contribution < 1.29 is 19.3 Å². The van der Waals surface area contributed by atoms with Crippen molar-refractivity contribution in [3.8, 4) is 28.6 Å². The molecule has 1 heterocycles. The monoisotopic (exact) mass is 503 g/mol. The summed E-state index contributed by atoms with van der Waals surface area (Å²) in [7, 11) is 0. The number of aliphatic hydroxyl groups is 1. The van der Waals surface area contributed by atoms with Crippen LogP contribution in [0.2, 0.25) is 0 Å². The van der Waals surface area contributed by atoms with Gasteiger partial charge in [0.05, 0.1) is 6.61 Å². The molecule has 5 aromatic rings. The van der Waals surface area contributed by atoms with E-state index >= 15 is 0 Å². The molecule has 1 N–H and O–H groups in total. The number of pyridine rings is 1. The predicted molar refractivity (Wildman–Crippen MR) is 148 cm³/mol. The number of nitrogens with zero attached hydrogens (tertiary/aromatic N) is 1. The van der Waals surface area contributed by atoms with Gasteiger partial charge in [-0.15, -0.1) is 0 Å². The fraction of sp³-hybridized carbons (Fsp3) is 0.121. The molecule has 5 heteroatoms. The highest BCUT2D eigenvalue weighted by Crippen LogP contribution is 2.35. The van der Waals surface area contributed by atoms with Crippen molar-refractivity contribution in [2.24, 2.45) is 0 Å². The third kappa shape index (κ3) is 6.58. The van der Waals surface area contributed by atoms with E-state index in [2.05, 4.69) is 0 Å². The van der Waals surface area contributed by atoms with Crippen LogP contribution < -0.4 is 14.2 Å². The van der Waals surface area contributed by atoms with Gasteiger partial charge in [-0.3, -0.25) is 0 Å². The maximum absolute atomic E-state index is 9.90. The van der Waals surface area contributed by atoms with Gasteiger partial charge in [0.2, 0.25) is 11.8 Å². The number of rotatable bonds is 11. The molecule has 38 heavy (non-hydrogen) atoms. The average Bonchev–Trinajstić information content (AvgIpc) is 2.99. The number of benzene rings is 4. The molecule has 4 aromatic carbocycles. The van der Waals surface area contributed by atoms with Gasteiger partial charge in [-0.25, -0.2) is 0 Å². The summed E-state index contributed by atoms with van der Waals surface area (Å²) in [5.41, 5.74) is 5.54. The lowest BCUT2D eigenvalue weighted by Crippen LogP contribution is -2.03. The number of hydrogen-bond acceptors (Lipinski definition) is 5. The van der Waals surface area contributed by atoms with Crippen LogP contribution in [0.15, 0.2) is 121 Å². The Morgan fingerprint density at radius 1 is 0.553 bits per heavy atom. The summed E-state index contributed by atoms with van der Waals surface area (Å²) in [6.07, 6.45) is 0. The van der Waals surface area contributed by atoms with Crippen LogP contribution in [0.1, 0.15) is 22.3 Å². The van der Waals surface area contributed by atoms with E-state index in [4.69, 9.17) is 19.2 Å². The lowest BCUT2D eigenvalue weighted by molar-refractivity contribution is 0.259. The predicted octanol–water partition coefficient (Wildman–Crippen LogP) is 6.98. The van der Waals surface area contributed by atoms with Gasteiger partial charge in [-0.05, 0) is 34.4 Å².